The van der Waals surface area contributed by atoms with Crippen LogP contribution in [0.3, 0.4) is 0 Å². The molecule has 3 unspecified atom stereocenters. The molecule has 4 aromatic rings. The molecule has 5 heterocycles. The van der Waals surface area contributed by atoms with Crippen LogP contribution in [0.2, 0.25) is 0 Å². The summed E-state index contributed by atoms with van der Waals surface area (Å²) < 4.78 is 17.6. The van der Waals surface area contributed by atoms with Gasteiger partial charge in [0.2, 0.25) is 11.8 Å². The second-order valence-corrected chi connectivity index (χ2v) is 13.8. The minimum atomic E-state index is -1.04. The van der Waals surface area contributed by atoms with Crippen molar-refractivity contribution in [3.05, 3.63) is 119 Å². The zero-order valence-electron chi connectivity index (χ0n) is 31.0. The third kappa shape index (κ3) is 8.21. The van der Waals surface area contributed by atoms with E-state index in [0.717, 1.165) is 41.0 Å². The quantitative estimate of drug-likeness (QED) is 0.141. The van der Waals surface area contributed by atoms with E-state index < -0.39 is 29.7 Å². The van der Waals surface area contributed by atoms with E-state index in [2.05, 4.69) is 63.5 Å². The molecule has 8 rings (SSSR count). The minimum Gasteiger partial charge on any atom is -0.494 e. The van der Waals surface area contributed by atoms with Crippen molar-refractivity contribution in [2.24, 2.45) is 0 Å². The van der Waals surface area contributed by atoms with Crippen LogP contribution in [0.5, 0.6) is 11.5 Å². The van der Waals surface area contributed by atoms with Gasteiger partial charge in [0.15, 0.2) is 11.6 Å². The van der Waals surface area contributed by atoms with Crippen molar-refractivity contribution in [3.8, 4) is 11.5 Å². The highest BCUT2D eigenvalue weighted by Gasteiger charge is 2.44. The SMILES string of the molecule is C=C(OCC)c1nccc(COc2ccc(C3C(C)c4ccc(cc4)OCCCCCN3Nc3ccc4c(c3)C(=O)N(C3CCC(=O)NC3=O)C4=O)cc2)n1. The first-order chi connectivity index (χ1) is 26.7. The second-order valence-electron chi connectivity index (χ2n) is 13.8. The Balaban J connectivity index is 1.16. The summed E-state index contributed by atoms with van der Waals surface area (Å²) >= 11 is 0. The summed E-state index contributed by atoms with van der Waals surface area (Å²) in [6.45, 7) is 9.96. The normalized spacial score (nSPS) is 20.4. The number of nitrogens with one attached hydrogen (secondary N) is 2. The molecule has 4 amide bonds. The molecule has 1 fully saturated rings. The van der Waals surface area contributed by atoms with Crippen LogP contribution in [0, 0.1) is 0 Å². The molecular formula is C42H44N6O7. The first-order valence-corrected chi connectivity index (χ1v) is 18.7. The Hall–Kier alpha value is -6.08. The first kappa shape index (κ1) is 37.2. The van der Waals surface area contributed by atoms with E-state index in [-0.39, 0.29) is 42.5 Å². The number of rotatable bonds is 10. The number of nitrogens with zero attached hydrogens (tertiary/aromatic N) is 4. The van der Waals surface area contributed by atoms with Crippen LogP contribution in [-0.4, -0.2) is 69.3 Å². The number of aromatic nitrogens is 2. The number of hydrazine groups is 1. The number of ether oxygens (including phenoxy) is 3. The van der Waals surface area contributed by atoms with E-state index >= 15 is 0 Å². The average molecular weight is 745 g/mol. The molecule has 4 aliphatic heterocycles. The smallest absolute Gasteiger partial charge is 0.262 e. The van der Waals surface area contributed by atoms with Crippen molar-refractivity contribution in [2.75, 3.05) is 25.2 Å². The van der Waals surface area contributed by atoms with Gasteiger partial charge in [-0.05, 0) is 92.3 Å². The molecule has 1 aromatic heterocycles. The van der Waals surface area contributed by atoms with Gasteiger partial charge < -0.3 is 19.6 Å². The van der Waals surface area contributed by atoms with Crippen molar-refractivity contribution < 1.29 is 33.4 Å². The number of imide groups is 2. The van der Waals surface area contributed by atoms with Crippen molar-refractivity contribution in [3.63, 3.8) is 0 Å². The van der Waals surface area contributed by atoms with Crippen molar-refractivity contribution in [1.82, 2.24) is 25.2 Å². The van der Waals surface area contributed by atoms with Gasteiger partial charge in [-0.3, -0.25) is 29.4 Å². The second kappa shape index (κ2) is 16.5. The lowest BCUT2D eigenvalue weighted by molar-refractivity contribution is -0.136. The lowest BCUT2D eigenvalue weighted by Crippen LogP contribution is -2.54. The van der Waals surface area contributed by atoms with E-state index in [1.165, 1.54) is 0 Å². The molecule has 3 atom stereocenters. The molecule has 2 N–H and O–H groups in total. The van der Waals surface area contributed by atoms with Gasteiger partial charge in [0.1, 0.15) is 24.1 Å². The number of fused-ring (bicyclic) bond motifs is 11. The standard InChI is InChI=1S/C42H44N6O7/c1-4-53-27(3)39-43-21-20-31(44-39)25-55-33-15-10-29(11-16-33)38-26(2)28-8-13-32(14-9-28)54-23-7-5-6-22-47(38)46-30-12-17-34-35(24-30)42(52)48(41(34)51)36-18-19-37(49)45-40(36)50/h8-17,20-21,24,26,36,38,46H,3-7,18-19,22-23,25H2,1-2H3,(H,45,49,50). The molecule has 3 aromatic carbocycles. The van der Waals surface area contributed by atoms with Crippen molar-refractivity contribution in [1.29, 1.82) is 0 Å². The Labute approximate surface area is 319 Å². The largest absolute Gasteiger partial charge is 0.494 e. The van der Waals surface area contributed by atoms with E-state index in [0.29, 0.717) is 48.5 Å². The topological polar surface area (TPSA) is 152 Å². The number of carbonyl (C=O) groups is 4. The highest BCUT2D eigenvalue weighted by atomic mass is 16.5. The van der Waals surface area contributed by atoms with Crippen LogP contribution >= 0.6 is 0 Å². The number of anilines is 1. The molecule has 0 aliphatic carbocycles. The highest BCUT2D eigenvalue weighted by Crippen LogP contribution is 2.39. The number of hydrogen-bond donors (Lipinski definition) is 2. The Morgan fingerprint density at radius 2 is 1.71 bits per heavy atom. The lowest BCUT2D eigenvalue weighted by Gasteiger charge is -2.37. The maximum absolute atomic E-state index is 13.7. The zero-order valence-corrected chi connectivity index (χ0v) is 31.0. The monoisotopic (exact) mass is 744 g/mol. The Morgan fingerprint density at radius 1 is 0.945 bits per heavy atom. The van der Waals surface area contributed by atoms with Gasteiger partial charge >= 0.3 is 0 Å². The molecule has 0 spiro atoms. The summed E-state index contributed by atoms with van der Waals surface area (Å²) in [5.74, 6) is 0.180. The summed E-state index contributed by atoms with van der Waals surface area (Å²) in [5, 5.41) is 4.45. The molecule has 2 bridgehead atoms. The molecule has 13 heteroatoms. The summed E-state index contributed by atoms with van der Waals surface area (Å²) in [4.78, 5) is 61.2. The van der Waals surface area contributed by atoms with Crippen LogP contribution in [0.1, 0.15) is 101 Å². The summed E-state index contributed by atoms with van der Waals surface area (Å²) in [7, 11) is 0. The highest BCUT2D eigenvalue weighted by molar-refractivity contribution is 6.23. The van der Waals surface area contributed by atoms with Crippen LogP contribution in [0.25, 0.3) is 5.76 Å². The van der Waals surface area contributed by atoms with Crippen LogP contribution in [-0.2, 0) is 20.9 Å². The molecule has 13 nitrogen and oxygen atoms in total. The van der Waals surface area contributed by atoms with Gasteiger partial charge in [-0.2, -0.15) is 0 Å². The Kier molecular flexibility index (Phi) is 11.2. The number of benzene rings is 3. The van der Waals surface area contributed by atoms with Gasteiger partial charge in [-0.15, -0.1) is 0 Å². The summed E-state index contributed by atoms with van der Waals surface area (Å²) in [6, 6.07) is 21.9. The Bertz CT molecular complexity index is 2090. The first-order valence-electron chi connectivity index (χ1n) is 18.7. The third-order valence-corrected chi connectivity index (χ3v) is 10.1. The predicted octanol–water partition coefficient (Wildman–Crippen LogP) is 6.20. The van der Waals surface area contributed by atoms with Gasteiger partial charge in [-0.1, -0.05) is 37.8 Å². The molecule has 0 saturated carbocycles. The average Bonchev–Trinajstić information content (AvgIpc) is 3.44. The summed E-state index contributed by atoms with van der Waals surface area (Å²) in [5.41, 5.74) is 7.52. The van der Waals surface area contributed by atoms with E-state index in [4.69, 9.17) is 14.2 Å². The van der Waals surface area contributed by atoms with Gasteiger partial charge in [0.25, 0.3) is 11.8 Å². The number of hydrogen-bond acceptors (Lipinski definition) is 11. The number of carbonyl (C=O) groups excluding carboxylic acids is 4. The predicted molar refractivity (Wildman–Crippen MR) is 204 cm³/mol. The lowest BCUT2D eigenvalue weighted by atomic mass is 9.87. The fraction of sp³-hybridized carbons (Fsp3) is 0.333. The third-order valence-electron chi connectivity index (χ3n) is 10.1. The van der Waals surface area contributed by atoms with Gasteiger partial charge in [0, 0.05) is 30.8 Å². The van der Waals surface area contributed by atoms with E-state index in [9.17, 15) is 19.2 Å². The Morgan fingerprint density at radius 3 is 2.47 bits per heavy atom. The van der Waals surface area contributed by atoms with Crippen LogP contribution in [0.4, 0.5) is 5.69 Å². The number of amides is 4. The fourth-order valence-electron chi connectivity index (χ4n) is 7.28. The molecule has 55 heavy (non-hydrogen) atoms. The fourth-order valence-corrected chi connectivity index (χ4v) is 7.28. The molecule has 0 radical (unpaired) electrons. The van der Waals surface area contributed by atoms with Crippen molar-refractivity contribution in [2.45, 2.75) is 70.6 Å². The van der Waals surface area contributed by atoms with Crippen LogP contribution in [0.15, 0.2) is 85.6 Å². The number of piperidine rings is 1. The minimum absolute atomic E-state index is 0.00685. The maximum Gasteiger partial charge on any atom is 0.262 e. The zero-order chi connectivity index (χ0) is 38.5. The van der Waals surface area contributed by atoms with Crippen molar-refractivity contribution >= 4 is 35.1 Å². The van der Waals surface area contributed by atoms with Crippen LogP contribution < -0.4 is 20.2 Å². The maximum atomic E-state index is 13.7. The molecule has 1 saturated heterocycles. The van der Waals surface area contributed by atoms with Gasteiger partial charge in [0.05, 0.1) is 36.1 Å². The van der Waals surface area contributed by atoms with E-state index in [1.807, 2.05) is 31.2 Å². The molecular weight excluding hydrogens is 700 g/mol. The van der Waals surface area contributed by atoms with E-state index in [1.54, 1.807) is 30.5 Å². The van der Waals surface area contributed by atoms with Gasteiger partial charge in [-0.25, -0.2) is 15.0 Å². The molecule has 4 aliphatic rings. The molecule has 284 valence electrons. The summed E-state index contributed by atoms with van der Waals surface area (Å²) in [6.07, 6.45) is 4.50.